The smallest absolute Gasteiger partial charge is 0.196 e. The lowest BCUT2D eigenvalue weighted by Gasteiger charge is -2.16. The highest BCUT2D eigenvalue weighted by Crippen LogP contribution is 2.16. The Labute approximate surface area is 150 Å². The highest BCUT2D eigenvalue weighted by molar-refractivity contribution is 5.57. The van der Waals surface area contributed by atoms with Gasteiger partial charge in [0.2, 0.25) is 0 Å². The molecular weight excluding hydrogens is 312 g/mol. The first-order chi connectivity index (χ1) is 12.0. The van der Waals surface area contributed by atoms with Crippen molar-refractivity contribution >= 4 is 12.2 Å². The third kappa shape index (κ3) is 7.27. The van der Waals surface area contributed by atoms with Crippen molar-refractivity contribution in [2.75, 3.05) is 6.61 Å². The first-order valence-corrected chi connectivity index (χ1v) is 8.55. The van der Waals surface area contributed by atoms with E-state index in [1.165, 1.54) is 0 Å². The summed E-state index contributed by atoms with van der Waals surface area (Å²) < 4.78 is 11.3. The third-order valence-corrected chi connectivity index (χ3v) is 3.43. The van der Waals surface area contributed by atoms with Crippen LogP contribution in [-0.2, 0) is 4.74 Å². The Kier molecular flexibility index (Phi) is 7.30. The average Bonchev–Trinajstić information content (AvgIpc) is 2.60. The zero-order chi connectivity index (χ0) is 18.1. The molecule has 3 nitrogen and oxygen atoms in total. The zero-order valence-corrected chi connectivity index (χ0v) is 15.1. The third-order valence-electron chi connectivity index (χ3n) is 3.43. The van der Waals surface area contributed by atoms with Crippen LogP contribution in [0.1, 0.15) is 31.9 Å². The number of benzene rings is 2. The van der Waals surface area contributed by atoms with E-state index in [2.05, 4.69) is 13.8 Å². The van der Waals surface area contributed by atoms with Crippen LogP contribution in [0.5, 0.6) is 11.5 Å². The lowest BCUT2D eigenvalue weighted by atomic mass is 10.2. The van der Waals surface area contributed by atoms with Gasteiger partial charge in [-0.05, 0) is 48.2 Å². The molecule has 0 fully saturated rings. The molecule has 2 rings (SSSR count). The molecular formula is C22H26O3. The van der Waals surface area contributed by atoms with Gasteiger partial charge in [0.25, 0.3) is 0 Å². The first-order valence-electron chi connectivity index (χ1n) is 8.55. The highest BCUT2D eigenvalue weighted by atomic mass is 16.7. The van der Waals surface area contributed by atoms with Crippen LogP contribution in [0.2, 0.25) is 0 Å². The summed E-state index contributed by atoms with van der Waals surface area (Å²) in [5.41, 5.74) is 2.14. The molecule has 0 saturated heterocycles. The van der Waals surface area contributed by atoms with Gasteiger partial charge in [0.15, 0.2) is 6.29 Å². The van der Waals surface area contributed by atoms with Crippen molar-refractivity contribution in [3.63, 3.8) is 0 Å². The Morgan fingerprint density at radius 2 is 1.36 bits per heavy atom. The van der Waals surface area contributed by atoms with Crippen LogP contribution in [0.3, 0.4) is 0 Å². The lowest BCUT2D eigenvalue weighted by Crippen LogP contribution is -2.18. The molecule has 132 valence electrons. The summed E-state index contributed by atoms with van der Waals surface area (Å²) >= 11 is 0. The van der Waals surface area contributed by atoms with E-state index in [0.29, 0.717) is 12.5 Å². The van der Waals surface area contributed by atoms with E-state index in [-0.39, 0.29) is 12.0 Å². The van der Waals surface area contributed by atoms with E-state index in [1.807, 2.05) is 67.6 Å². The Morgan fingerprint density at radius 1 is 0.840 bits per heavy atom. The summed E-state index contributed by atoms with van der Waals surface area (Å²) in [6, 6.07) is 15.0. The molecule has 0 saturated carbocycles. The standard InChI is InChI=1S/C22H26O3/c1-17(2)16-24-18(3)25-22-14-10-20(11-15-22)7-5-4-6-19-8-12-21(23)13-9-19/h4-15,17-18,23H,16H2,1-3H3. The number of phenols is 1. The van der Waals surface area contributed by atoms with Crippen LogP contribution >= 0.6 is 0 Å². The molecule has 25 heavy (non-hydrogen) atoms. The molecule has 0 aliphatic carbocycles. The molecule has 0 aliphatic heterocycles. The van der Waals surface area contributed by atoms with Crippen molar-refractivity contribution in [2.24, 2.45) is 5.92 Å². The van der Waals surface area contributed by atoms with Gasteiger partial charge in [0, 0.05) is 0 Å². The number of phenolic OH excluding ortho intramolecular Hbond substituents is 1. The van der Waals surface area contributed by atoms with E-state index in [4.69, 9.17) is 9.47 Å². The maximum atomic E-state index is 9.25. The van der Waals surface area contributed by atoms with Crippen molar-refractivity contribution in [3.05, 3.63) is 71.8 Å². The van der Waals surface area contributed by atoms with Crippen LogP contribution in [-0.4, -0.2) is 18.0 Å². The summed E-state index contributed by atoms with van der Waals surface area (Å²) in [7, 11) is 0. The van der Waals surface area contributed by atoms with Crippen LogP contribution in [0.15, 0.2) is 60.7 Å². The van der Waals surface area contributed by atoms with Crippen LogP contribution in [0, 0.1) is 5.92 Å². The average molecular weight is 338 g/mol. The van der Waals surface area contributed by atoms with E-state index in [1.54, 1.807) is 12.1 Å². The largest absolute Gasteiger partial charge is 0.508 e. The number of ether oxygens (including phenoxy) is 2. The maximum Gasteiger partial charge on any atom is 0.196 e. The predicted molar refractivity (Wildman–Crippen MR) is 103 cm³/mol. The van der Waals surface area contributed by atoms with Gasteiger partial charge in [-0.2, -0.15) is 0 Å². The van der Waals surface area contributed by atoms with Crippen molar-refractivity contribution in [1.29, 1.82) is 0 Å². The Balaban J connectivity index is 1.84. The second-order valence-corrected chi connectivity index (χ2v) is 6.29. The van der Waals surface area contributed by atoms with E-state index >= 15 is 0 Å². The summed E-state index contributed by atoms with van der Waals surface area (Å²) in [4.78, 5) is 0. The molecule has 0 bridgehead atoms. The minimum Gasteiger partial charge on any atom is -0.508 e. The summed E-state index contributed by atoms with van der Waals surface area (Å²) in [5, 5.41) is 9.25. The number of allylic oxidation sites excluding steroid dienone is 2. The molecule has 1 atom stereocenters. The molecule has 0 aliphatic rings. The zero-order valence-electron chi connectivity index (χ0n) is 15.1. The van der Waals surface area contributed by atoms with Gasteiger partial charge < -0.3 is 14.6 Å². The minimum absolute atomic E-state index is 0.253. The van der Waals surface area contributed by atoms with Gasteiger partial charge in [-0.3, -0.25) is 0 Å². The maximum absolute atomic E-state index is 9.25. The SMILES string of the molecule is CC(C)COC(C)Oc1ccc(C=CC=Cc2ccc(O)cc2)cc1. The van der Waals surface area contributed by atoms with Crippen LogP contribution < -0.4 is 4.74 Å². The summed E-state index contributed by atoms with van der Waals surface area (Å²) in [6.07, 6.45) is 7.72. The fourth-order valence-electron chi connectivity index (χ4n) is 2.13. The molecule has 0 spiro atoms. The fourth-order valence-corrected chi connectivity index (χ4v) is 2.13. The number of rotatable bonds is 8. The predicted octanol–water partition coefficient (Wildman–Crippen LogP) is 5.52. The van der Waals surface area contributed by atoms with Gasteiger partial charge in [-0.1, -0.05) is 62.4 Å². The number of aromatic hydroxyl groups is 1. The Hall–Kier alpha value is -2.52. The molecule has 0 radical (unpaired) electrons. The van der Waals surface area contributed by atoms with E-state index < -0.39 is 0 Å². The molecule has 2 aromatic rings. The molecule has 0 amide bonds. The van der Waals surface area contributed by atoms with Crippen molar-refractivity contribution in [1.82, 2.24) is 0 Å². The van der Waals surface area contributed by atoms with Crippen LogP contribution in [0.4, 0.5) is 0 Å². The number of hydrogen-bond donors (Lipinski definition) is 1. The Morgan fingerprint density at radius 3 is 1.88 bits per heavy atom. The van der Waals surface area contributed by atoms with Gasteiger partial charge >= 0.3 is 0 Å². The molecule has 3 heteroatoms. The molecule has 1 unspecified atom stereocenters. The minimum atomic E-state index is -0.253. The second kappa shape index (κ2) is 9.70. The summed E-state index contributed by atoms with van der Waals surface area (Å²) in [6.45, 7) is 6.83. The summed E-state index contributed by atoms with van der Waals surface area (Å²) in [5.74, 6) is 1.57. The Bertz CT molecular complexity index is 682. The van der Waals surface area contributed by atoms with Gasteiger partial charge in [0.1, 0.15) is 11.5 Å². The van der Waals surface area contributed by atoms with Crippen molar-refractivity contribution < 1.29 is 14.6 Å². The molecule has 0 aromatic heterocycles. The number of hydrogen-bond acceptors (Lipinski definition) is 3. The normalized spacial score (nSPS) is 13.0. The van der Waals surface area contributed by atoms with Gasteiger partial charge in [-0.25, -0.2) is 0 Å². The quantitative estimate of drug-likeness (QED) is 0.509. The topological polar surface area (TPSA) is 38.7 Å². The molecule has 2 aromatic carbocycles. The van der Waals surface area contributed by atoms with Crippen molar-refractivity contribution in [2.45, 2.75) is 27.1 Å². The van der Waals surface area contributed by atoms with Gasteiger partial charge in [-0.15, -0.1) is 0 Å². The first kappa shape index (κ1) is 18.8. The fraction of sp³-hybridized carbons (Fsp3) is 0.273. The van der Waals surface area contributed by atoms with Crippen LogP contribution in [0.25, 0.3) is 12.2 Å². The van der Waals surface area contributed by atoms with E-state index in [0.717, 1.165) is 16.9 Å². The lowest BCUT2D eigenvalue weighted by molar-refractivity contribution is -0.0755. The highest BCUT2D eigenvalue weighted by Gasteiger charge is 2.05. The second-order valence-electron chi connectivity index (χ2n) is 6.29. The van der Waals surface area contributed by atoms with Crippen molar-refractivity contribution in [3.8, 4) is 11.5 Å². The molecule has 0 heterocycles. The van der Waals surface area contributed by atoms with Gasteiger partial charge in [0.05, 0.1) is 6.61 Å². The monoisotopic (exact) mass is 338 g/mol. The van der Waals surface area contributed by atoms with E-state index in [9.17, 15) is 5.11 Å². The molecule has 1 N–H and O–H groups in total.